The van der Waals surface area contributed by atoms with Crippen LogP contribution in [0.5, 0.6) is 5.75 Å². The molecular weight excluding hydrogens is 657 g/mol. The number of aliphatic hydroxyl groups excluding tert-OH is 1. The van der Waals surface area contributed by atoms with Crippen LogP contribution in [-0.4, -0.2) is 23.5 Å². The van der Waals surface area contributed by atoms with E-state index in [2.05, 4.69) is 59.7 Å². The molecule has 0 bridgehead atoms. The Kier molecular flexibility index (Phi) is 14.9. The Morgan fingerprint density at radius 2 is 1.46 bits per heavy atom. The smallest absolute Gasteiger partial charge is 0.263 e. The number of hydrogen-bond donors (Lipinski definition) is 1. The molecule has 0 atom stereocenters. The second kappa shape index (κ2) is 19.5. The highest BCUT2D eigenvalue weighted by Crippen LogP contribution is 2.47. The van der Waals surface area contributed by atoms with E-state index in [4.69, 9.17) is 4.74 Å². The minimum atomic E-state index is -0.0847. The topological polar surface area (TPSA) is 53.7 Å². The van der Waals surface area contributed by atoms with Gasteiger partial charge in [0.15, 0.2) is 6.54 Å². The molecule has 0 saturated carbocycles. The van der Waals surface area contributed by atoms with Crippen LogP contribution in [0.3, 0.4) is 0 Å². The summed E-state index contributed by atoms with van der Waals surface area (Å²) in [6.07, 6.45) is 24.2. The number of aromatic nitrogens is 1. The lowest BCUT2D eigenvalue weighted by Crippen LogP contribution is -2.35. The van der Waals surface area contributed by atoms with E-state index in [0.29, 0.717) is 11.1 Å². The molecule has 0 amide bonds. The molecule has 50 heavy (non-hydrogen) atoms. The number of allylic oxidation sites excluding steroid dienone is 3. The van der Waals surface area contributed by atoms with Crippen LogP contribution >= 0.6 is 23.1 Å². The highest BCUT2D eigenvalue weighted by atomic mass is 32.2. The zero-order valence-electron chi connectivity index (χ0n) is 31.0. The van der Waals surface area contributed by atoms with Crippen molar-refractivity contribution in [3.8, 4) is 5.75 Å². The van der Waals surface area contributed by atoms with E-state index in [1.807, 2.05) is 32.1 Å². The third-order valence-electron chi connectivity index (χ3n) is 9.72. The van der Waals surface area contributed by atoms with E-state index < -0.39 is 0 Å². The maximum atomic E-state index is 13.7. The molecule has 1 aliphatic heterocycles. The summed E-state index contributed by atoms with van der Waals surface area (Å²) < 4.78 is 9.46. The Labute approximate surface area is 309 Å². The van der Waals surface area contributed by atoms with Gasteiger partial charge in [-0.3, -0.25) is 4.79 Å². The first kappa shape index (κ1) is 38.2. The normalized spacial score (nSPS) is 16.0. The summed E-state index contributed by atoms with van der Waals surface area (Å²) >= 11 is 3.36. The molecule has 5 rings (SSSR count). The van der Waals surface area contributed by atoms with Crippen LogP contribution in [0, 0.1) is 0 Å². The minimum absolute atomic E-state index is 0.0847. The predicted molar refractivity (Wildman–Crippen MR) is 213 cm³/mol. The van der Waals surface area contributed by atoms with E-state index in [0.717, 1.165) is 51.9 Å². The van der Waals surface area contributed by atoms with Gasteiger partial charge >= 0.3 is 0 Å². The van der Waals surface area contributed by atoms with Crippen molar-refractivity contribution in [2.45, 2.75) is 148 Å². The van der Waals surface area contributed by atoms with Crippen LogP contribution in [0.2, 0.25) is 0 Å². The largest absolute Gasteiger partial charge is 0.506 e. The fourth-order valence-electron chi connectivity index (χ4n) is 6.93. The number of ketones is 1. The number of anilines is 1. The third kappa shape index (κ3) is 10.1. The van der Waals surface area contributed by atoms with Gasteiger partial charge in [0.2, 0.25) is 11.3 Å². The summed E-state index contributed by atoms with van der Waals surface area (Å²) in [5, 5.41) is 13.3. The van der Waals surface area contributed by atoms with Gasteiger partial charge in [-0.25, -0.2) is 0 Å². The second-order valence-electron chi connectivity index (χ2n) is 14.2. The molecule has 7 heteroatoms. The predicted octanol–water partition coefficient (Wildman–Crippen LogP) is 12.5. The molecule has 1 N–H and O–H groups in total. The number of carbonyl (C=O) groups is 1. The Hall–Kier alpha value is -3.03. The number of hydrogen-bond acceptors (Lipinski definition) is 6. The van der Waals surface area contributed by atoms with E-state index in [1.54, 1.807) is 23.1 Å². The number of aryl methyl sites for hydroxylation is 1. The van der Waals surface area contributed by atoms with Crippen molar-refractivity contribution < 1.29 is 19.2 Å². The molecule has 0 fully saturated rings. The average molecular weight is 716 g/mol. The summed E-state index contributed by atoms with van der Waals surface area (Å²) in [7, 11) is 0. The maximum Gasteiger partial charge on any atom is 0.263 e. The molecule has 0 saturated heterocycles. The summed E-state index contributed by atoms with van der Waals surface area (Å²) in [6.45, 7) is 10.4. The summed E-state index contributed by atoms with van der Waals surface area (Å²) in [5.74, 6) is 0.875. The molecule has 0 unspecified atom stereocenters. The van der Waals surface area contributed by atoms with E-state index in [1.165, 1.54) is 100 Å². The Balaban J connectivity index is 1.32. The number of ether oxygens (including phenoxy) is 1. The lowest BCUT2D eigenvalue weighted by atomic mass is 9.88. The van der Waals surface area contributed by atoms with Crippen LogP contribution in [-0.2, 0) is 11.3 Å². The van der Waals surface area contributed by atoms with Gasteiger partial charge in [0, 0.05) is 36.1 Å². The first-order valence-electron chi connectivity index (χ1n) is 19.5. The van der Waals surface area contributed by atoms with Crippen LogP contribution in [0.4, 0.5) is 5.69 Å². The molecule has 3 aromatic rings. The number of Topliss-reactive ketones (excluding diaryl/α,β-unsaturated/α-hetero) is 1. The molecule has 1 aromatic heterocycles. The van der Waals surface area contributed by atoms with Crippen molar-refractivity contribution in [2.75, 3.05) is 11.4 Å². The first-order chi connectivity index (χ1) is 24.4. The van der Waals surface area contributed by atoms with Gasteiger partial charge in [-0.15, -0.1) is 0 Å². The molecule has 2 aliphatic rings. The summed E-state index contributed by atoms with van der Waals surface area (Å²) in [4.78, 5) is 17.2. The molecule has 5 nitrogen and oxygen atoms in total. The number of aliphatic hydroxyl groups is 1. The number of carbonyl (C=O) groups excluding carboxylic acids is 1. The van der Waals surface area contributed by atoms with Crippen LogP contribution in [0.15, 0.2) is 75.4 Å². The van der Waals surface area contributed by atoms with E-state index >= 15 is 0 Å². The molecule has 2 aromatic carbocycles. The van der Waals surface area contributed by atoms with Gasteiger partial charge in [0.25, 0.3) is 5.01 Å². The highest BCUT2D eigenvalue weighted by Gasteiger charge is 2.36. The molecule has 270 valence electrons. The number of fused-ring (bicyclic) bond motifs is 2. The van der Waals surface area contributed by atoms with Gasteiger partial charge in [0.05, 0.1) is 28.0 Å². The Morgan fingerprint density at radius 3 is 2.12 bits per heavy atom. The molecule has 2 heterocycles. The Morgan fingerprint density at radius 1 is 0.820 bits per heavy atom. The molecule has 0 radical (unpaired) electrons. The van der Waals surface area contributed by atoms with Crippen molar-refractivity contribution in [3.63, 3.8) is 0 Å². The Bertz CT molecular complexity index is 1670. The van der Waals surface area contributed by atoms with Crippen molar-refractivity contribution in [1.82, 2.24) is 0 Å². The first-order valence-corrected chi connectivity index (χ1v) is 21.1. The number of benzene rings is 2. The zero-order chi connectivity index (χ0) is 35.3. The number of para-hydroxylation sites is 1. The number of rotatable bonds is 22. The van der Waals surface area contributed by atoms with Crippen molar-refractivity contribution in [3.05, 3.63) is 75.5 Å². The van der Waals surface area contributed by atoms with E-state index in [-0.39, 0.29) is 17.6 Å². The fourth-order valence-corrected chi connectivity index (χ4v) is 9.22. The van der Waals surface area contributed by atoms with Crippen LogP contribution < -0.4 is 14.2 Å². The van der Waals surface area contributed by atoms with Crippen LogP contribution in [0.1, 0.15) is 135 Å². The van der Waals surface area contributed by atoms with Gasteiger partial charge in [-0.1, -0.05) is 133 Å². The second-order valence-corrected chi connectivity index (χ2v) is 16.3. The number of thioether (sulfide) groups is 1. The third-order valence-corrected chi connectivity index (χ3v) is 11.9. The standard InChI is InChI=1S/C43H58N2O3S2/c1-5-7-9-11-13-15-17-21-27-44-36-23-19-20-24-38(36)49-40(44)30-34-42(46)35(43(34)47)31-41-45(28-22-18-16-14-12-10-8-6-2)37-26-25-33(48-32(3)4)29-39(37)50-41/h19-20,23-26,29-32H,5-18,21-22,27-28H2,1-4H3/p+1. The van der Waals surface area contributed by atoms with Crippen molar-refractivity contribution in [1.29, 1.82) is 0 Å². The number of nitrogens with zero attached hydrogens (tertiary/aromatic N) is 2. The summed E-state index contributed by atoms with van der Waals surface area (Å²) in [5.41, 5.74) is 3.16. The summed E-state index contributed by atoms with van der Waals surface area (Å²) in [6, 6.07) is 14.8. The van der Waals surface area contributed by atoms with Crippen molar-refractivity contribution in [2.24, 2.45) is 0 Å². The van der Waals surface area contributed by atoms with Crippen molar-refractivity contribution >= 4 is 50.9 Å². The molecular formula is C43H59N2O3S2+. The monoisotopic (exact) mass is 715 g/mol. The molecule has 0 spiro atoms. The van der Waals surface area contributed by atoms with Gasteiger partial charge < -0.3 is 14.7 Å². The number of thiazole rings is 1. The van der Waals surface area contributed by atoms with E-state index in [9.17, 15) is 9.90 Å². The number of unbranched alkanes of at least 4 members (excludes halogenated alkanes) is 14. The quantitative estimate of drug-likeness (QED) is 0.0637. The average Bonchev–Trinajstić information content (AvgIpc) is 3.64. The van der Waals surface area contributed by atoms with Gasteiger partial charge in [-0.05, 0) is 51.0 Å². The fraction of sp³-hybridized carbons (Fsp3) is 0.535. The minimum Gasteiger partial charge on any atom is -0.506 e. The SMILES string of the molecule is CCCCCCCCCCN1/C(=C\C2=C(O)C(=C\c3sc4cc(OC(C)C)ccc4[n+]3CCCCCCCCCC)/C2=O)Sc2ccccc21. The van der Waals surface area contributed by atoms with Gasteiger partial charge in [0.1, 0.15) is 16.2 Å². The zero-order valence-corrected chi connectivity index (χ0v) is 32.6. The van der Waals surface area contributed by atoms with Crippen LogP contribution in [0.25, 0.3) is 16.3 Å². The molecule has 1 aliphatic carbocycles. The highest BCUT2D eigenvalue weighted by molar-refractivity contribution is 8.03. The maximum absolute atomic E-state index is 13.7. The van der Waals surface area contributed by atoms with Gasteiger partial charge in [-0.2, -0.15) is 4.57 Å². The lowest BCUT2D eigenvalue weighted by Gasteiger charge is -2.23. The lowest BCUT2D eigenvalue weighted by molar-refractivity contribution is -0.669.